The van der Waals surface area contributed by atoms with Crippen LogP contribution in [0.4, 0.5) is 0 Å². The molecular formula is C17H15BrN2O2S2. The summed E-state index contributed by atoms with van der Waals surface area (Å²) in [6.45, 7) is 0.532. The maximum atomic E-state index is 13.1. The Labute approximate surface area is 153 Å². The summed E-state index contributed by atoms with van der Waals surface area (Å²) < 4.78 is 29.5. The van der Waals surface area contributed by atoms with Crippen LogP contribution in [0.15, 0.2) is 57.9 Å². The molecular weight excluding hydrogens is 408 g/mol. The molecule has 24 heavy (non-hydrogen) atoms. The standard InChI is InChI=1S/C17H15BrN2O2S2/c18-12-6-1-4-10-16(12)24(21,22)20-11-5-8-14(20)17-19-13-7-2-3-9-15(13)23-17/h1-4,6-7,9-10,14H,5,8,11H2/t14-/m1/s1. The highest BCUT2D eigenvalue weighted by Gasteiger charge is 2.38. The van der Waals surface area contributed by atoms with Crippen molar-refractivity contribution in [2.45, 2.75) is 23.8 Å². The molecule has 0 radical (unpaired) electrons. The first kappa shape index (κ1) is 16.2. The molecule has 1 fully saturated rings. The number of rotatable bonds is 3. The number of para-hydroxylation sites is 1. The van der Waals surface area contributed by atoms with Gasteiger partial charge >= 0.3 is 0 Å². The molecule has 1 saturated heterocycles. The molecule has 0 aliphatic carbocycles. The van der Waals surface area contributed by atoms with Crippen molar-refractivity contribution < 1.29 is 8.42 Å². The minimum absolute atomic E-state index is 0.181. The van der Waals surface area contributed by atoms with Crippen LogP contribution in [0, 0.1) is 0 Å². The molecule has 0 spiro atoms. The maximum absolute atomic E-state index is 13.1. The lowest BCUT2D eigenvalue weighted by atomic mass is 10.2. The molecule has 2 aromatic carbocycles. The number of hydrogen-bond donors (Lipinski definition) is 0. The van der Waals surface area contributed by atoms with Crippen LogP contribution >= 0.6 is 27.3 Å². The van der Waals surface area contributed by atoms with Gasteiger partial charge in [0.05, 0.1) is 21.2 Å². The van der Waals surface area contributed by atoms with Crippen molar-refractivity contribution in [2.24, 2.45) is 0 Å². The number of aromatic nitrogens is 1. The second-order valence-electron chi connectivity index (χ2n) is 5.72. The molecule has 0 amide bonds. The second-order valence-corrected chi connectivity index (χ2v) is 9.50. The lowest BCUT2D eigenvalue weighted by Gasteiger charge is -2.23. The van der Waals surface area contributed by atoms with E-state index in [1.165, 1.54) is 0 Å². The quantitative estimate of drug-likeness (QED) is 0.620. The third-order valence-electron chi connectivity index (χ3n) is 4.22. The van der Waals surface area contributed by atoms with Crippen molar-refractivity contribution in [3.63, 3.8) is 0 Å². The Morgan fingerprint density at radius 2 is 1.88 bits per heavy atom. The van der Waals surface area contributed by atoms with Crippen LogP contribution in [0.25, 0.3) is 10.2 Å². The van der Waals surface area contributed by atoms with Gasteiger partial charge in [0.2, 0.25) is 10.0 Å². The summed E-state index contributed by atoms with van der Waals surface area (Å²) in [6, 6.07) is 14.7. The Bertz CT molecular complexity index is 968. The van der Waals surface area contributed by atoms with Crippen LogP contribution in [-0.2, 0) is 10.0 Å². The summed E-state index contributed by atoms with van der Waals surface area (Å²) in [5.74, 6) is 0. The lowest BCUT2D eigenvalue weighted by molar-refractivity contribution is 0.396. The number of fused-ring (bicyclic) bond motifs is 1. The predicted molar refractivity (Wildman–Crippen MR) is 99.6 cm³/mol. The van der Waals surface area contributed by atoms with Crippen LogP contribution < -0.4 is 0 Å². The third-order valence-corrected chi connectivity index (χ3v) is 8.28. The maximum Gasteiger partial charge on any atom is 0.244 e. The minimum Gasteiger partial charge on any atom is -0.239 e. The Morgan fingerprint density at radius 3 is 2.67 bits per heavy atom. The smallest absolute Gasteiger partial charge is 0.239 e. The first-order valence-electron chi connectivity index (χ1n) is 7.69. The van der Waals surface area contributed by atoms with E-state index < -0.39 is 10.0 Å². The average molecular weight is 423 g/mol. The van der Waals surface area contributed by atoms with Crippen molar-refractivity contribution >= 4 is 47.5 Å². The van der Waals surface area contributed by atoms with Gasteiger partial charge in [-0.2, -0.15) is 4.31 Å². The van der Waals surface area contributed by atoms with Crippen LogP contribution in [0.1, 0.15) is 23.9 Å². The molecule has 1 atom stereocenters. The highest BCUT2D eigenvalue weighted by molar-refractivity contribution is 9.10. The normalized spacial score (nSPS) is 19.1. The molecule has 4 rings (SSSR count). The molecule has 1 aromatic heterocycles. The zero-order chi connectivity index (χ0) is 16.7. The van der Waals surface area contributed by atoms with Crippen molar-refractivity contribution in [2.75, 3.05) is 6.54 Å². The first-order chi connectivity index (χ1) is 11.6. The molecule has 1 aliphatic rings. The minimum atomic E-state index is -3.55. The summed E-state index contributed by atoms with van der Waals surface area (Å²) >= 11 is 4.95. The zero-order valence-electron chi connectivity index (χ0n) is 12.7. The Kier molecular flexibility index (Phi) is 4.20. The largest absolute Gasteiger partial charge is 0.244 e. The van der Waals surface area contributed by atoms with E-state index in [0.717, 1.165) is 28.1 Å². The summed E-state index contributed by atoms with van der Waals surface area (Å²) in [5.41, 5.74) is 0.933. The zero-order valence-corrected chi connectivity index (χ0v) is 15.9. The van der Waals surface area contributed by atoms with Crippen LogP contribution in [0.3, 0.4) is 0 Å². The highest BCUT2D eigenvalue weighted by atomic mass is 79.9. The van der Waals surface area contributed by atoms with E-state index in [1.54, 1.807) is 33.8 Å². The third kappa shape index (κ3) is 2.69. The summed E-state index contributed by atoms with van der Waals surface area (Å²) in [7, 11) is -3.55. The molecule has 0 N–H and O–H groups in total. The fourth-order valence-corrected chi connectivity index (χ4v) is 6.90. The van der Waals surface area contributed by atoms with Crippen LogP contribution in [-0.4, -0.2) is 24.3 Å². The molecule has 2 heterocycles. The molecule has 124 valence electrons. The summed E-state index contributed by atoms with van der Waals surface area (Å²) in [4.78, 5) is 4.99. The Balaban J connectivity index is 1.76. The first-order valence-corrected chi connectivity index (χ1v) is 10.7. The fourth-order valence-electron chi connectivity index (χ4n) is 3.09. The fraction of sp³-hybridized carbons (Fsp3) is 0.235. The van der Waals surface area contributed by atoms with Gasteiger partial charge in [0.15, 0.2) is 0 Å². The second kappa shape index (κ2) is 6.22. The van der Waals surface area contributed by atoms with Gasteiger partial charge in [-0.1, -0.05) is 24.3 Å². The van der Waals surface area contributed by atoms with Gasteiger partial charge in [-0.05, 0) is 53.0 Å². The van der Waals surface area contributed by atoms with Crippen molar-refractivity contribution in [3.8, 4) is 0 Å². The van der Waals surface area contributed by atoms with Gasteiger partial charge < -0.3 is 0 Å². The van der Waals surface area contributed by atoms with Crippen LogP contribution in [0.5, 0.6) is 0 Å². The molecule has 0 bridgehead atoms. The van der Waals surface area contributed by atoms with E-state index in [1.807, 2.05) is 30.3 Å². The van der Waals surface area contributed by atoms with Gasteiger partial charge in [-0.15, -0.1) is 11.3 Å². The number of hydrogen-bond acceptors (Lipinski definition) is 4. The van der Waals surface area contributed by atoms with Gasteiger partial charge in [-0.3, -0.25) is 0 Å². The average Bonchev–Trinajstić information content (AvgIpc) is 3.21. The number of thiazole rings is 1. The number of benzene rings is 2. The molecule has 3 aromatic rings. The van der Waals surface area contributed by atoms with Gasteiger partial charge in [0.1, 0.15) is 5.01 Å². The van der Waals surface area contributed by atoms with Crippen LogP contribution in [0.2, 0.25) is 0 Å². The number of sulfonamides is 1. The van der Waals surface area contributed by atoms with Gasteiger partial charge in [0.25, 0.3) is 0 Å². The van der Waals surface area contributed by atoms with E-state index in [9.17, 15) is 8.42 Å². The molecule has 1 aliphatic heterocycles. The van der Waals surface area contributed by atoms with E-state index in [-0.39, 0.29) is 6.04 Å². The van der Waals surface area contributed by atoms with Gasteiger partial charge in [-0.25, -0.2) is 13.4 Å². The van der Waals surface area contributed by atoms with Crippen molar-refractivity contribution in [1.29, 1.82) is 0 Å². The predicted octanol–water partition coefficient (Wildman–Crippen LogP) is 4.58. The summed E-state index contributed by atoms with van der Waals surface area (Å²) in [5, 5.41) is 0.879. The number of nitrogens with zero attached hydrogens (tertiary/aromatic N) is 2. The number of halogens is 1. The lowest BCUT2D eigenvalue weighted by Crippen LogP contribution is -2.30. The van der Waals surface area contributed by atoms with E-state index in [0.29, 0.717) is 15.9 Å². The molecule has 0 saturated carbocycles. The summed E-state index contributed by atoms with van der Waals surface area (Å²) in [6.07, 6.45) is 1.66. The Hall–Kier alpha value is -1.28. The van der Waals surface area contributed by atoms with E-state index in [2.05, 4.69) is 20.9 Å². The van der Waals surface area contributed by atoms with Crippen molar-refractivity contribution in [3.05, 3.63) is 58.0 Å². The molecule has 4 nitrogen and oxygen atoms in total. The van der Waals surface area contributed by atoms with E-state index >= 15 is 0 Å². The molecule has 0 unspecified atom stereocenters. The van der Waals surface area contributed by atoms with Gasteiger partial charge in [0, 0.05) is 11.0 Å². The van der Waals surface area contributed by atoms with Crippen molar-refractivity contribution in [1.82, 2.24) is 9.29 Å². The Morgan fingerprint density at radius 1 is 1.12 bits per heavy atom. The SMILES string of the molecule is O=S(=O)(c1ccccc1Br)N1CCC[C@@H]1c1nc2ccccc2s1. The molecule has 7 heteroatoms. The monoisotopic (exact) mass is 422 g/mol. The highest BCUT2D eigenvalue weighted by Crippen LogP contribution is 2.40. The topological polar surface area (TPSA) is 50.3 Å². The van der Waals surface area contributed by atoms with E-state index in [4.69, 9.17) is 0 Å².